The number of carbonyl (C=O) groups is 2. The molecule has 0 saturated carbocycles. The van der Waals surface area contributed by atoms with Gasteiger partial charge in [0.25, 0.3) is 0 Å². The van der Waals surface area contributed by atoms with Gasteiger partial charge < -0.3 is 4.74 Å². The minimum Gasteiger partial charge on any atom is -0.446 e. The predicted octanol–water partition coefficient (Wildman–Crippen LogP) is 0.270. The Kier molecular flexibility index (Phi) is 2.90. The van der Waals surface area contributed by atoms with E-state index in [9.17, 15) is 9.59 Å². The van der Waals surface area contributed by atoms with Crippen molar-refractivity contribution >= 4 is 12.0 Å². The quantitative estimate of drug-likeness (QED) is 0.650. The molecule has 2 amide bonds. The van der Waals surface area contributed by atoms with Crippen LogP contribution in [-0.4, -0.2) is 30.2 Å². The average molecular weight is 172 g/mol. The Morgan fingerprint density at radius 1 is 1.75 bits per heavy atom. The third-order valence-corrected chi connectivity index (χ3v) is 1.54. The number of ether oxygens (including phenoxy) is 1. The van der Waals surface area contributed by atoms with E-state index in [-0.39, 0.29) is 12.5 Å². The third kappa shape index (κ3) is 2.11. The molecule has 1 fully saturated rings. The van der Waals surface area contributed by atoms with Gasteiger partial charge in [-0.05, 0) is 6.42 Å². The molecule has 12 heavy (non-hydrogen) atoms. The molecule has 0 spiro atoms. The first kappa shape index (κ1) is 8.83. The molecule has 1 rings (SSSR count). The van der Waals surface area contributed by atoms with Gasteiger partial charge in [0.15, 0.2) is 0 Å². The van der Waals surface area contributed by atoms with E-state index in [1.807, 2.05) is 6.92 Å². The Labute approximate surface area is 70.6 Å². The van der Waals surface area contributed by atoms with Crippen LogP contribution < -0.4 is 5.43 Å². The molecule has 68 valence electrons. The van der Waals surface area contributed by atoms with Gasteiger partial charge in [0, 0.05) is 6.42 Å². The van der Waals surface area contributed by atoms with Gasteiger partial charge in [-0.15, -0.1) is 0 Å². The third-order valence-electron chi connectivity index (χ3n) is 1.54. The fourth-order valence-electron chi connectivity index (χ4n) is 0.964. The van der Waals surface area contributed by atoms with Crippen molar-refractivity contribution in [3.8, 4) is 0 Å². The van der Waals surface area contributed by atoms with Gasteiger partial charge >= 0.3 is 6.09 Å². The fourth-order valence-corrected chi connectivity index (χ4v) is 0.964. The second kappa shape index (κ2) is 3.94. The molecule has 5 heteroatoms. The summed E-state index contributed by atoms with van der Waals surface area (Å²) in [6.07, 6.45) is 0.692. The second-order valence-corrected chi connectivity index (χ2v) is 2.54. The standard InChI is InChI=1S/C7H12N2O3/c1-2-3-6(10)9-4-5-12-7(11)8-9/h2-5H2,1H3,(H,8,11). The number of hydrazine groups is 1. The Morgan fingerprint density at radius 2 is 2.50 bits per heavy atom. The minimum absolute atomic E-state index is 0.0610. The normalized spacial score (nSPS) is 16.8. The van der Waals surface area contributed by atoms with Gasteiger partial charge in [-0.3, -0.25) is 4.79 Å². The molecule has 0 atom stereocenters. The largest absolute Gasteiger partial charge is 0.446 e. The summed E-state index contributed by atoms with van der Waals surface area (Å²) in [5, 5.41) is 1.30. The SMILES string of the molecule is CCCC(=O)N1CCOC(=O)N1. The maximum Gasteiger partial charge on any atom is 0.426 e. The molecule has 0 bridgehead atoms. The zero-order valence-electron chi connectivity index (χ0n) is 7.00. The van der Waals surface area contributed by atoms with Gasteiger partial charge in [0.1, 0.15) is 6.61 Å². The van der Waals surface area contributed by atoms with Gasteiger partial charge in [0.05, 0.1) is 6.54 Å². The topological polar surface area (TPSA) is 58.6 Å². The predicted molar refractivity (Wildman–Crippen MR) is 41.1 cm³/mol. The summed E-state index contributed by atoms with van der Waals surface area (Å²) in [5.74, 6) is -0.0610. The summed E-state index contributed by atoms with van der Waals surface area (Å²) in [4.78, 5) is 21.9. The van der Waals surface area contributed by atoms with Crippen LogP contribution in [0.25, 0.3) is 0 Å². The highest BCUT2D eigenvalue weighted by molar-refractivity contribution is 5.79. The second-order valence-electron chi connectivity index (χ2n) is 2.54. The summed E-state index contributed by atoms with van der Waals surface area (Å²) in [5.41, 5.74) is 2.32. The molecule has 1 saturated heterocycles. The van der Waals surface area contributed by atoms with Crippen LogP contribution in [0.15, 0.2) is 0 Å². The van der Waals surface area contributed by atoms with Crippen LogP contribution >= 0.6 is 0 Å². The van der Waals surface area contributed by atoms with Gasteiger partial charge in [-0.2, -0.15) is 0 Å². The lowest BCUT2D eigenvalue weighted by atomic mass is 10.3. The first-order chi connectivity index (χ1) is 5.74. The van der Waals surface area contributed by atoms with Crippen molar-refractivity contribution in [2.45, 2.75) is 19.8 Å². The lowest BCUT2D eigenvalue weighted by Crippen LogP contribution is -2.52. The Balaban J connectivity index is 2.40. The maximum absolute atomic E-state index is 11.2. The van der Waals surface area contributed by atoms with E-state index in [1.54, 1.807) is 0 Å². The Bertz CT molecular complexity index is 193. The molecular formula is C7H12N2O3. The highest BCUT2D eigenvalue weighted by atomic mass is 16.6. The number of hydrogen-bond donors (Lipinski definition) is 1. The molecule has 1 aliphatic rings. The van der Waals surface area contributed by atoms with Crippen molar-refractivity contribution in [1.29, 1.82) is 0 Å². The van der Waals surface area contributed by atoms with Crippen LogP contribution in [0.5, 0.6) is 0 Å². The molecule has 5 nitrogen and oxygen atoms in total. The number of nitrogens with one attached hydrogen (secondary N) is 1. The van der Waals surface area contributed by atoms with Crippen LogP contribution in [0.1, 0.15) is 19.8 Å². The van der Waals surface area contributed by atoms with E-state index >= 15 is 0 Å². The van der Waals surface area contributed by atoms with Gasteiger partial charge in [-0.25, -0.2) is 15.2 Å². The maximum atomic E-state index is 11.2. The van der Waals surface area contributed by atoms with Crippen molar-refractivity contribution in [3.05, 3.63) is 0 Å². The highest BCUT2D eigenvalue weighted by Crippen LogP contribution is 1.98. The molecule has 0 aromatic heterocycles. The Hall–Kier alpha value is -1.26. The zero-order chi connectivity index (χ0) is 8.97. The van der Waals surface area contributed by atoms with E-state index in [4.69, 9.17) is 0 Å². The van der Waals surface area contributed by atoms with E-state index < -0.39 is 6.09 Å². The van der Waals surface area contributed by atoms with Crippen molar-refractivity contribution in [2.24, 2.45) is 0 Å². The minimum atomic E-state index is -0.550. The van der Waals surface area contributed by atoms with Crippen molar-refractivity contribution in [3.63, 3.8) is 0 Å². The first-order valence-corrected chi connectivity index (χ1v) is 3.98. The number of rotatable bonds is 2. The Morgan fingerprint density at radius 3 is 3.08 bits per heavy atom. The highest BCUT2D eigenvalue weighted by Gasteiger charge is 2.20. The molecule has 1 N–H and O–H groups in total. The fraction of sp³-hybridized carbons (Fsp3) is 0.714. The number of amides is 2. The molecule has 0 aromatic rings. The number of carbonyl (C=O) groups excluding carboxylic acids is 2. The van der Waals surface area contributed by atoms with E-state index in [2.05, 4.69) is 10.2 Å². The number of nitrogens with zero attached hydrogens (tertiary/aromatic N) is 1. The molecule has 0 unspecified atom stereocenters. The summed E-state index contributed by atoms with van der Waals surface area (Å²) in [7, 11) is 0. The van der Waals surface area contributed by atoms with Crippen LogP contribution in [0.4, 0.5) is 4.79 Å². The number of cyclic esters (lactones) is 1. The van der Waals surface area contributed by atoms with Gasteiger partial charge in [0.2, 0.25) is 5.91 Å². The first-order valence-electron chi connectivity index (χ1n) is 3.98. The van der Waals surface area contributed by atoms with Crippen LogP contribution in [0, 0.1) is 0 Å². The lowest BCUT2D eigenvalue weighted by Gasteiger charge is -2.26. The summed E-state index contributed by atoms with van der Waals surface area (Å²) >= 11 is 0. The molecule has 1 aliphatic heterocycles. The van der Waals surface area contributed by atoms with Crippen molar-refractivity contribution in [2.75, 3.05) is 13.2 Å². The van der Waals surface area contributed by atoms with Crippen molar-refractivity contribution < 1.29 is 14.3 Å². The molecule has 0 radical (unpaired) electrons. The average Bonchev–Trinajstić information content (AvgIpc) is 2.05. The smallest absolute Gasteiger partial charge is 0.426 e. The molecule has 1 heterocycles. The molecular weight excluding hydrogens is 160 g/mol. The van der Waals surface area contributed by atoms with Crippen molar-refractivity contribution in [1.82, 2.24) is 10.4 Å². The monoisotopic (exact) mass is 172 g/mol. The zero-order valence-corrected chi connectivity index (χ0v) is 7.00. The van der Waals surface area contributed by atoms with E-state index in [0.717, 1.165) is 6.42 Å². The molecule has 0 aromatic carbocycles. The summed E-state index contributed by atoms with van der Waals surface area (Å²) < 4.78 is 4.59. The molecule has 0 aliphatic carbocycles. The van der Waals surface area contributed by atoms with E-state index in [0.29, 0.717) is 13.0 Å². The van der Waals surface area contributed by atoms with Crippen LogP contribution in [0.3, 0.4) is 0 Å². The van der Waals surface area contributed by atoms with Gasteiger partial charge in [-0.1, -0.05) is 6.92 Å². The summed E-state index contributed by atoms with van der Waals surface area (Å²) in [6, 6.07) is 0. The van der Waals surface area contributed by atoms with Crippen LogP contribution in [0.2, 0.25) is 0 Å². The lowest BCUT2D eigenvalue weighted by molar-refractivity contribution is -0.136. The number of hydrogen-bond acceptors (Lipinski definition) is 3. The van der Waals surface area contributed by atoms with Crippen LogP contribution in [-0.2, 0) is 9.53 Å². The summed E-state index contributed by atoms with van der Waals surface area (Å²) in [6.45, 7) is 2.63. The van der Waals surface area contributed by atoms with E-state index in [1.165, 1.54) is 5.01 Å².